The summed E-state index contributed by atoms with van der Waals surface area (Å²) in [6.07, 6.45) is 7.06. The minimum Gasteiger partial charge on any atom is -0.461 e. The Morgan fingerprint density at radius 1 is 1.11 bits per heavy atom. The number of fused-ring (bicyclic) bond motifs is 2. The number of halogens is 1. The van der Waals surface area contributed by atoms with Crippen molar-refractivity contribution in [1.29, 1.82) is 0 Å². The van der Waals surface area contributed by atoms with Gasteiger partial charge in [0.1, 0.15) is 34.3 Å². The van der Waals surface area contributed by atoms with Gasteiger partial charge >= 0.3 is 0 Å². The Hall–Kier alpha value is -4.21. The fourth-order valence-electron chi connectivity index (χ4n) is 7.76. The fraction of sp³-hybridized carbons (Fsp3) is 0.389. The first-order valence-electron chi connectivity index (χ1n) is 16.0. The summed E-state index contributed by atoms with van der Waals surface area (Å²) in [5.74, 6) is 1.44. The number of carbonyl (C=O) groups is 1. The van der Waals surface area contributed by atoms with Gasteiger partial charge < -0.3 is 19.0 Å². The number of pyridine rings is 1. The number of H-pyrrole nitrogens is 1. The monoisotopic (exact) mass is 607 g/mol. The number of nitrogens with one attached hydrogen (secondary N) is 1. The number of aromatic nitrogens is 2. The van der Waals surface area contributed by atoms with Crippen LogP contribution in [-0.2, 0) is 13.0 Å². The van der Waals surface area contributed by atoms with Gasteiger partial charge in [-0.3, -0.25) is 14.6 Å². The van der Waals surface area contributed by atoms with Crippen LogP contribution in [-0.4, -0.2) is 71.4 Å². The van der Waals surface area contributed by atoms with Gasteiger partial charge in [-0.25, -0.2) is 9.37 Å². The topological polar surface area (TPSA) is 77.8 Å². The summed E-state index contributed by atoms with van der Waals surface area (Å²) in [5, 5.41) is 1.58. The van der Waals surface area contributed by atoms with Gasteiger partial charge in [-0.05, 0) is 67.6 Å². The second-order valence-corrected chi connectivity index (χ2v) is 13.3. The summed E-state index contributed by atoms with van der Waals surface area (Å²) in [4.78, 5) is 26.4. The number of ether oxygens (including phenoxy) is 1. The molecule has 0 radical (unpaired) electrons. The van der Waals surface area contributed by atoms with Crippen LogP contribution in [0.1, 0.15) is 47.0 Å². The number of hydrogen-bond acceptors (Lipinski definition) is 7. The van der Waals surface area contributed by atoms with Crippen molar-refractivity contribution in [2.45, 2.75) is 45.7 Å². The molecule has 0 atom stereocenters. The molecule has 8 nitrogen and oxygen atoms in total. The molecule has 0 unspecified atom stereocenters. The number of rotatable bonds is 8. The van der Waals surface area contributed by atoms with Crippen molar-refractivity contribution in [3.8, 4) is 11.5 Å². The number of carbonyl (C=O) groups excluding carboxylic acids is 1. The molecular weight excluding hydrogens is 569 g/mol. The zero-order valence-electron chi connectivity index (χ0n) is 25.8. The van der Waals surface area contributed by atoms with E-state index in [2.05, 4.69) is 49.8 Å². The minimum atomic E-state index is -0.386. The van der Waals surface area contributed by atoms with Crippen LogP contribution in [0.15, 0.2) is 59.3 Å². The van der Waals surface area contributed by atoms with Crippen molar-refractivity contribution in [1.82, 2.24) is 19.8 Å². The van der Waals surface area contributed by atoms with E-state index in [0.29, 0.717) is 39.6 Å². The maximum absolute atomic E-state index is 14.1. The zero-order valence-corrected chi connectivity index (χ0v) is 25.8. The van der Waals surface area contributed by atoms with Crippen molar-refractivity contribution in [2.75, 3.05) is 44.2 Å². The molecule has 2 saturated heterocycles. The molecule has 1 aliphatic carbocycles. The van der Waals surface area contributed by atoms with Gasteiger partial charge in [0, 0.05) is 80.6 Å². The summed E-state index contributed by atoms with van der Waals surface area (Å²) >= 11 is 0. The predicted molar refractivity (Wildman–Crippen MR) is 173 cm³/mol. The van der Waals surface area contributed by atoms with Crippen LogP contribution in [0.3, 0.4) is 0 Å². The summed E-state index contributed by atoms with van der Waals surface area (Å²) in [5.41, 5.74) is 6.05. The number of aromatic amines is 1. The summed E-state index contributed by atoms with van der Waals surface area (Å²) < 4.78 is 26.1. The predicted octanol–water partition coefficient (Wildman–Crippen LogP) is 6.71. The van der Waals surface area contributed by atoms with Crippen LogP contribution in [0.4, 0.5) is 10.1 Å². The normalized spacial score (nSPS) is 18.9. The molecule has 5 aromatic rings. The van der Waals surface area contributed by atoms with Crippen LogP contribution in [0, 0.1) is 18.2 Å². The van der Waals surface area contributed by atoms with Crippen molar-refractivity contribution in [3.05, 3.63) is 83.1 Å². The minimum absolute atomic E-state index is 0.356. The number of anilines is 1. The van der Waals surface area contributed by atoms with E-state index in [0.717, 1.165) is 75.6 Å². The third kappa shape index (κ3) is 5.17. The first-order valence-corrected chi connectivity index (χ1v) is 16.0. The third-order valence-corrected chi connectivity index (χ3v) is 10.1. The molecule has 3 aromatic heterocycles. The van der Waals surface area contributed by atoms with Crippen LogP contribution >= 0.6 is 0 Å². The van der Waals surface area contributed by atoms with Gasteiger partial charge in [0.25, 0.3) is 0 Å². The van der Waals surface area contributed by atoms with Gasteiger partial charge in [-0.2, -0.15) is 0 Å². The third-order valence-electron chi connectivity index (χ3n) is 10.1. The molecule has 232 valence electrons. The Bertz CT molecular complexity index is 1890. The van der Waals surface area contributed by atoms with Gasteiger partial charge in [0.05, 0.1) is 17.1 Å². The number of aldehydes is 1. The highest BCUT2D eigenvalue weighted by Crippen LogP contribution is 2.52. The van der Waals surface area contributed by atoms with Crippen molar-refractivity contribution in [3.63, 3.8) is 0 Å². The molecule has 8 rings (SSSR count). The summed E-state index contributed by atoms with van der Waals surface area (Å²) in [6.45, 7) is 11.7. The Balaban J connectivity index is 0.850. The zero-order chi connectivity index (χ0) is 30.7. The average molecular weight is 608 g/mol. The molecule has 2 aromatic carbocycles. The molecule has 3 fully saturated rings. The lowest BCUT2D eigenvalue weighted by Crippen LogP contribution is -2.68. The van der Waals surface area contributed by atoms with E-state index in [9.17, 15) is 9.18 Å². The molecule has 5 heterocycles. The van der Waals surface area contributed by atoms with Gasteiger partial charge in [0.2, 0.25) is 0 Å². The molecule has 1 spiro atoms. The highest BCUT2D eigenvalue weighted by atomic mass is 19.1. The van der Waals surface area contributed by atoms with Gasteiger partial charge in [-0.1, -0.05) is 13.0 Å². The number of aryl methyl sites for hydroxylation is 2. The largest absolute Gasteiger partial charge is 0.461 e. The summed E-state index contributed by atoms with van der Waals surface area (Å²) in [7, 11) is 0. The molecule has 0 amide bonds. The Morgan fingerprint density at radius 2 is 1.93 bits per heavy atom. The van der Waals surface area contributed by atoms with Crippen molar-refractivity contribution in [2.24, 2.45) is 5.41 Å². The van der Waals surface area contributed by atoms with Crippen LogP contribution < -0.4 is 9.64 Å². The Kier molecular flexibility index (Phi) is 6.91. The molecule has 3 aliphatic rings. The number of furan rings is 1. The first-order chi connectivity index (χ1) is 21.9. The van der Waals surface area contributed by atoms with E-state index in [-0.39, 0.29) is 5.82 Å². The molecule has 0 bridgehead atoms. The number of hydrogen-bond donors (Lipinski definition) is 1. The standard InChI is InChI=1S/C36H38FN5O3/c1-3-25-11-24(12-27-10-23(2)44-34(25)27)19-40-6-8-41(9-7-40)29-15-36(16-29)21-42(22-36)28-5-4-26(20-43)33(13-28)45-30-14-31-32(37)18-39-35(31)38-17-30/h4-5,10-14,17-18,20,29H,3,6-9,15-16,19,21-22H2,1-2H3,(H,38,39). The lowest BCUT2D eigenvalue weighted by Gasteiger charge is -2.62. The van der Waals surface area contributed by atoms with E-state index in [1.54, 1.807) is 12.1 Å². The van der Waals surface area contributed by atoms with E-state index in [1.807, 2.05) is 19.1 Å². The van der Waals surface area contributed by atoms with Crippen LogP contribution in [0.25, 0.3) is 22.0 Å². The first kappa shape index (κ1) is 28.3. The second kappa shape index (κ2) is 11.0. The molecule has 2 aliphatic heterocycles. The second-order valence-electron chi connectivity index (χ2n) is 13.3. The van der Waals surface area contributed by atoms with E-state index in [4.69, 9.17) is 9.15 Å². The quantitative estimate of drug-likeness (QED) is 0.197. The number of piperazine rings is 1. The maximum Gasteiger partial charge on any atom is 0.153 e. The highest BCUT2D eigenvalue weighted by molar-refractivity contribution is 5.83. The van der Waals surface area contributed by atoms with Crippen LogP contribution in [0.5, 0.6) is 11.5 Å². The van der Waals surface area contributed by atoms with Crippen molar-refractivity contribution >= 4 is 34.0 Å². The number of benzene rings is 2. The maximum atomic E-state index is 14.1. The van der Waals surface area contributed by atoms with Crippen molar-refractivity contribution < 1.29 is 18.3 Å². The van der Waals surface area contributed by atoms with Gasteiger partial charge in [-0.15, -0.1) is 0 Å². The SMILES string of the molecule is CCc1cc(CN2CCN(C3CC4(C3)CN(c3ccc(C=O)c(Oc5cnc6[nH]cc(F)c6c5)c3)C4)CC2)cc2cc(C)oc12. The average Bonchev–Trinajstić information content (AvgIpc) is 3.57. The molecule has 1 saturated carbocycles. The molecule has 9 heteroatoms. The van der Waals surface area contributed by atoms with E-state index < -0.39 is 0 Å². The Labute approximate surface area is 261 Å². The fourth-order valence-corrected chi connectivity index (χ4v) is 7.76. The lowest BCUT2D eigenvalue weighted by atomic mass is 9.60. The molecule has 45 heavy (non-hydrogen) atoms. The highest BCUT2D eigenvalue weighted by Gasteiger charge is 2.54. The van der Waals surface area contributed by atoms with E-state index in [1.165, 1.54) is 41.7 Å². The molecule has 1 N–H and O–H groups in total. The van der Waals surface area contributed by atoms with E-state index >= 15 is 0 Å². The molecular formula is C36H38FN5O3. The number of nitrogens with zero attached hydrogens (tertiary/aromatic N) is 4. The summed E-state index contributed by atoms with van der Waals surface area (Å²) in [6, 6.07) is 14.8. The lowest BCUT2D eigenvalue weighted by molar-refractivity contribution is -0.0380. The van der Waals surface area contributed by atoms with Gasteiger partial charge in [0.15, 0.2) is 6.29 Å². The smallest absolute Gasteiger partial charge is 0.153 e. The van der Waals surface area contributed by atoms with Crippen LogP contribution in [0.2, 0.25) is 0 Å². The Morgan fingerprint density at radius 3 is 2.71 bits per heavy atom.